The maximum Gasteiger partial charge on any atom is 0.267 e. The molecule has 0 radical (unpaired) electrons. The normalized spacial score (nSPS) is 14.6. The van der Waals surface area contributed by atoms with E-state index in [4.69, 9.17) is 0 Å². The van der Waals surface area contributed by atoms with Gasteiger partial charge in [-0.2, -0.15) is 8.42 Å². The van der Waals surface area contributed by atoms with Gasteiger partial charge in [0.1, 0.15) is 0 Å². The van der Waals surface area contributed by atoms with Gasteiger partial charge in [0.2, 0.25) is 0 Å². The molecule has 0 aromatic carbocycles. The average molecular weight is 224 g/mol. The molecule has 0 atom stereocenters. The van der Waals surface area contributed by atoms with Crippen LogP contribution in [0, 0.1) is 0 Å². The van der Waals surface area contributed by atoms with E-state index in [1.807, 2.05) is 27.7 Å². The summed E-state index contributed by atoms with van der Waals surface area (Å²) < 4.78 is 30.9. The lowest BCUT2D eigenvalue weighted by Crippen LogP contribution is -2.44. The van der Waals surface area contributed by atoms with E-state index in [2.05, 4.69) is 0 Å². The van der Waals surface area contributed by atoms with Crippen LogP contribution >= 0.6 is 0 Å². The lowest BCUT2D eigenvalue weighted by molar-refractivity contribution is 0.447. The van der Waals surface area contributed by atoms with Gasteiger partial charge in [-0.15, -0.1) is 0 Å². The third kappa shape index (κ3) is 3.07. The smallest absolute Gasteiger partial charge is 0.267 e. The topological polar surface area (TPSA) is 54.4 Å². The van der Waals surface area contributed by atoms with Crippen molar-refractivity contribution in [2.24, 2.45) is 0 Å². The third-order valence-electron chi connectivity index (χ3n) is 2.62. The van der Waals surface area contributed by atoms with Gasteiger partial charge < -0.3 is 0 Å². The second-order valence-corrected chi connectivity index (χ2v) is 9.69. The standard InChI is InChI=1S/C8H20O3SSi/c1-5-8(6-2,12(9,10)11)13-7(3)4/h7H,5-6,13H2,1-4H3,(H,9,10,11). The minimum absolute atomic E-state index is 0.418. The first kappa shape index (κ1) is 13.1. The molecule has 0 aromatic rings. The molecule has 0 heterocycles. The molecule has 0 saturated heterocycles. The highest BCUT2D eigenvalue weighted by atomic mass is 32.2. The van der Waals surface area contributed by atoms with Gasteiger partial charge >= 0.3 is 0 Å². The molecule has 0 aliphatic rings. The van der Waals surface area contributed by atoms with E-state index in [0.717, 1.165) is 0 Å². The zero-order valence-corrected chi connectivity index (χ0v) is 11.1. The zero-order valence-electron chi connectivity index (χ0n) is 8.87. The van der Waals surface area contributed by atoms with Crippen molar-refractivity contribution in [3.63, 3.8) is 0 Å². The Labute approximate surface area is 83.5 Å². The van der Waals surface area contributed by atoms with Crippen molar-refractivity contribution in [2.75, 3.05) is 0 Å². The molecule has 0 rings (SSSR count). The van der Waals surface area contributed by atoms with Gasteiger partial charge in [-0.1, -0.05) is 33.2 Å². The van der Waals surface area contributed by atoms with E-state index in [1.165, 1.54) is 0 Å². The highest BCUT2D eigenvalue weighted by Crippen LogP contribution is 2.27. The van der Waals surface area contributed by atoms with E-state index in [1.54, 1.807) is 0 Å². The average Bonchev–Trinajstić information content (AvgIpc) is 1.97. The Bertz CT molecular complexity index is 242. The maximum absolute atomic E-state index is 11.2. The van der Waals surface area contributed by atoms with Crippen molar-refractivity contribution >= 4 is 19.6 Å². The first-order valence-corrected chi connectivity index (χ1v) is 7.72. The molecule has 1 N–H and O–H groups in total. The molecule has 3 nitrogen and oxygen atoms in total. The predicted octanol–water partition coefficient (Wildman–Crippen LogP) is 1.39. The molecule has 0 bridgehead atoms. The molecule has 0 amide bonds. The zero-order chi connectivity index (χ0) is 10.7. The maximum atomic E-state index is 11.2. The molecule has 0 saturated carbocycles. The van der Waals surface area contributed by atoms with E-state index in [0.29, 0.717) is 18.4 Å². The minimum Gasteiger partial charge on any atom is -0.285 e. The molecular formula is C8H20O3SSi. The molecule has 0 unspecified atom stereocenters. The van der Waals surface area contributed by atoms with Crippen LogP contribution in [-0.2, 0) is 10.1 Å². The number of rotatable bonds is 5. The van der Waals surface area contributed by atoms with Gasteiger partial charge in [0.05, 0.1) is 13.9 Å². The van der Waals surface area contributed by atoms with Crippen LogP contribution in [0.5, 0.6) is 0 Å². The fourth-order valence-corrected chi connectivity index (χ4v) is 6.39. The van der Waals surface area contributed by atoms with Crippen molar-refractivity contribution in [3.8, 4) is 0 Å². The number of hydrogen-bond acceptors (Lipinski definition) is 2. The first-order chi connectivity index (χ1) is 5.79. The summed E-state index contributed by atoms with van der Waals surface area (Å²) in [7, 11) is -4.65. The Balaban J connectivity index is 4.93. The molecule has 0 aliphatic heterocycles. The Morgan fingerprint density at radius 1 is 1.31 bits per heavy atom. The molecule has 0 fully saturated rings. The van der Waals surface area contributed by atoms with Crippen LogP contribution < -0.4 is 0 Å². The summed E-state index contributed by atoms with van der Waals surface area (Å²) in [6, 6.07) is 0. The molecule has 0 spiro atoms. The van der Waals surface area contributed by atoms with E-state index in [9.17, 15) is 13.0 Å². The van der Waals surface area contributed by atoms with E-state index >= 15 is 0 Å². The van der Waals surface area contributed by atoms with Crippen LogP contribution in [0.1, 0.15) is 40.5 Å². The van der Waals surface area contributed by atoms with Crippen molar-refractivity contribution < 1.29 is 13.0 Å². The summed E-state index contributed by atoms with van der Waals surface area (Å²) in [5, 5.41) is 0. The molecule has 13 heavy (non-hydrogen) atoms. The lowest BCUT2D eigenvalue weighted by atomic mass is 10.2. The number of hydrogen-bond donors (Lipinski definition) is 1. The van der Waals surface area contributed by atoms with Gasteiger partial charge in [-0.3, -0.25) is 4.55 Å². The van der Waals surface area contributed by atoms with Crippen LogP contribution in [0.15, 0.2) is 0 Å². The molecule has 5 heteroatoms. The second-order valence-electron chi connectivity index (χ2n) is 3.96. The molecule has 0 aromatic heterocycles. The summed E-state index contributed by atoms with van der Waals surface area (Å²) in [5.41, 5.74) is 0.418. The molecule has 0 aliphatic carbocycles. The van der Waals surface area contributed by atoms with E-state index in [-0.39, 0.29) is 0 Å². The van der Waals surface area contributed by atoms with Gasteiger partial charge in [-0.05, 0) is 12.8 Å². The highest BCUT2D eigenvalue weighted by molar-refractivity contribution is 7.88. The van der Waals surface area contributed by atoms with Crippen LogP contribution in [0.25, 0.3) is 0 Å². The van der Waals surface area contributed by atoms with Crippen molar-refractivity contribution in [2.45, 2.75) is 50.4 Å². The van der Waals surface area contributed by atoms with Gasteiger partial charge in [0.25, 0.3) is 10.1 Å². The largest absolute Gasteiger partial charge is 0.285 e. The van der Waals surface area contributed by atoms with E-state index < -0.39 is 24.0 Å². The van der Waals surface area contributed by atoms with Crippen LogP contribution in [-0.4, -0.2) is 26.9 Å². The van der Waals surface area contributed by atoms with Crippen LogP contribution in [0.2, 0.25) is 5.54 Å². The molecular weight excluding hydrogens is 204 g/mol. The lowest BCUT2D eigenvalue weighted by Gasteiger charge is -2.29. The Kier molecular flexibility index (Phi) is 4.61. The SMILES string of the molecule is CCC(CC)([SiH2]C(C)C)S(=O)(=O)O. The summed E-state index contributed by atoms with van der Waals surface area (Å²) in [4.78, 5) is 0. The highest BCUT2D eigenvalue weighted by Gasteiger charge is 2.39. The summed E-state index contributed by atoms with van der Waals surface area (Å²) in [6.45, 7) is 7.73. The predicted molar refractivity (Wildman–Crippen MR) is 58.5 cm³/mol. The summed E-state index contributed by atoms with van der Waals surface area (Å²) in [5.74, 6) is 0. The second kappa shape index (κ2) is 4.57. The fourth-order valence-electron chi connectivity index (χ4n) is 1.75. The summed E-state index contributed by atoms with van der Waals surface area (Å²) in [6.07, 6.45) is 1.07. The van der Waals surface area contributed by atoms with Crippen molar-refractivity contribution in [1.29, 1.82) is 0 Å². The van der Waals surface area contributed by atoms with Crippen LogP contribution in [0.3, 0.4) is 0 Å². The van der Waals surface area contributed by atoms with Crippen LogP contribution in [0.4, 0.5) is 0 Å². The van der Waals surface area contributed by atoms with Crippen molar-refractivity contribution in [1.82, 2.24) is 0 Å². The van der Waals surface area contributed by atoms with Gasteiger partial charge in [0.15, 0.2) is 0 Å². The Morgan fingerprint density at radius 2 is 1.69 bits per heavy atom. The Morgan fingerprint density at radius 3 is 1.77 bits per heavy atom. The monoisotopic (exact) mass is 224 g/mol. The van der Waals surface area contributed by atoms with Gasteiger partial charge in [-0.25, -0.2) is 0 Å². The first-order valence-electron chi connectivity index (χ1n) is 4.76. The molecule has 80 valence electrons. The van der Waals surface area contributed by atoms with Gasteiger partial charge in [0, 0.05) is 0 Å². The minimum atomic E-state index is -3.86. The fraction of sp³-hybridized carbons (Fsp3) is 1.00. The quantitative estimate of drug-likeness (QED) is 0.567. The summed E-state index contributed by atoms with van der Waals surface area (Å²) >= 11 is 0. The Hall–Kier alpha value is 0.127. The third-order valence-corrected chi connectivity index (χ3v) is 8.44. The van der Waals surface area contributed by atoms with Crippen molar-refractivity contribution in [3.05, 3.63) is 0 Å².